The van der Waals surface area contributed by atoms with Crippen LogP contribution < -0.4 is 4.74 Å². The van der Waals surface area contributed by atoms with Gasteiger partial charge in [-0.2, -0.15) is 13.2 Å². The van der Waals surface area contributed by atoms with Gasteiger partial charge in [0.25, 0.3) is 0 Å². The minimum absolute atomic E-state index is 0.0443. The number of alkyl halides is 3. The van der Waals surface area contributed by atoms with Gasteiger partial charge in [0.2, 0.25) is 5.88 Å². The molecule has 1 aliphatic rings. The normalized spacial score (nSPS) is 18.9. The highest BCUT2D eigenvalue weighted by atomic mass is 19.4. The number of halogens is 3. The van der Waals surface area contributed by atoms with E-state index in [0.29, 0.717) is 0 Å². The maximum atomic E-state index is 12.5. The Kier molecular flexibility index (Phi) is 3.75. The summed E-state index contributed by atoms with van der Waals surface area (Å²) in [4.78, 5) is 6.00. The van der Waals surface area contributed by atoms with E-state index in [9.17, 15) is 13.2 Å². The quantitative estimate of drug-likeness (QED) is 0.817. The molecule has 0 radical (unpaired) electrons. The summed E-state index contributed by atoms with van der Waals surface area (Å²) in [5, 5.41) is 0. The first kappa shape index (κ1) is 13.1. The van der Waals surface area contributed by atoms with Crippen molar-refractivity contribution in [3.05, 3.63) is 23.9 Å². The van der Waals surface area contributed by atoms with Gasteiger partial charge < -0.3 is 9.64 Å². The molecular formula is C12H15F3N2O. The minimum Gasteiger partial charge on any atom is -0.474 e. The average Bonchev–Trinajstić information content (AvgIpc) is 2.31. The maximum absolute atomic E-state index is 12.5. The van der Waals surface area contributed by atoms with Crippen LogP contribution in [-0.2, 0) is 6.18 Å². The summed E-state index contributed by atoms with van der Waals surface area (Å²) in [6.45, 7) is 1.78. The van der Waals surface area contributed by atoms with Crippen LogP contribution in [0, 0.1) is 0 Å². The second-order valence-electron chi connectivity index (χ2n) is 4.50. The molecule has 1 aromatic rings. The molecule has 1 aliphatic heterocycles. The SMILES string of the molecule is CN1CCC(Oc2cc(C(F)(F)F)ccn2)CC1. The zero-order valence-corrected chi connectivity index (χ0v) is 10.1. The third-order valence-electron chi connectivity index (χ3n) is 3.02. The lowest BCUT2D eigenvalue weighted by Crippen LogP contribution is -2.35. The topological polar surface area (TPSA) is 25.4 Å². The molecule has 1 aromatic heterocycles. The summed E-state index contributed by atoms with van der Waals surface area (Å²) in [5.74, 6) is 0.0550. The van der Waals surface area contributed by atoms with Crippen LogP contribution >= 0.6 is 0 Å². The van der Waals surface area contributed by atoms with E-state index in [4.69, 9.17) is 4.74 Å². The van der Waals surface area contributed by atoms with Crippen LogP contribution in [-0.4, -0.2) is 36.1 Å². The van der Waals surface area contributed by atoms with E-state index in [-0.39, 0.29) is 12.0 Å². The molecule has 1 saturated heterocycles. The van der Waals surface area contributed by atoms with Crippen LogP contribution in [0.1, 0.15) is 18.4 Å². The van der Waals surface area contributed by atoms with Crippen LogP contribution in [0.4, 0.5) is 13.2 Å². The van der Waals surface area contributed by atoms with Crippen molar-refractivity contribution in [1.29, 1.82) is 0 Å². The molecule has 0 amide bonds. The fourth-order valence-corrected chi connectivity index (χ4v) is 1.92. The highest BCUT2D eigenvalue weighted by molar-refractivity contribution is 5.23. The van der Waals surface area contributed by atoms with Gasteiger partial charge in [-0.15, -0.1) is 0 Å². The zero-order chi connectivity index (χ0) is 13.2. The van der Waals surface area contributed by atoms with Crippen LogP contribution in [0.3, 0.4) is 0 Å². The summed E-state index contributed by atoms with van der Waals surface area (Å²) < 4.78 is 43.0. The van der Waals surface area contributed by atoms with Crippen molar-refractivity contribution in [2.75, 3.05) is 20.1 Å². The summed E-state index contributed by atoms with van der Waals surface area (Å²) in [5.41, 5.74) is -0.722. The van der Waals surface area contributed by atoms with Crippen molar-refractivity contribution in [1.82, 2.24) is 9.88 Å². The molecule has 0 spiro atoms. The molecule has 18 heavy (non-hydrogen) atoms. The molecule has 100 valence electrons. The first-order valence-corrected chi connectivity index (χ1v) is 5.83. The first-order chi connectivity index (χ1) is 8.45. The summed E-state index contributed by atoms with van der Waals surface area (Å²) in [6, 6.07) is 1.90. The largest absolute Gasteiger partial charge is 0.474 e. The van der Waals surface area contributed by atoms with Crippen molar-refractivity contribution in [3.63, 3.8) is 0 Å². The number of piperidine rings is 1. The number of hydrogen-bond donors (Lipinski definition) is 0. The molecule has 2 heterocycles. The number of hydrogen-bond acceptors (Lipinski definition) is 3. The fraction of sp³-hybridized carbons (Fsp3) is 0.583. The maximum Gasteiger partial charge on any atom is 0.416 e. The van der Waals surface area contributed by atoms with E-state index in [1.54, 1.807) is 0 Å². The first-order valence-electron chi connectivity index (χ1n) is 5.83. The molecule has 0 atom stereocenters. The van der Waals surface area contributed by atoms with Gasteiger partial charge in [-0.05, 0) is 26.0 Å². The van der Waals surface area contributed by atoms with E-state index in [0.717, 1.165) is 44.3 Å². The van der Waals surface area contributed by atoms with Crippen molar-refractivity contribution in [2.45, 2.75) is 25.1 Å². The molecule has 0 saturated carbocycles. The lowest BCUT2D eigenvalue weighted by Gasteiger charge is -2.29. The molecule has 0 bridgehead atoms. The second kappa shape index (κ2) is 5.14. The zero-order valence-electron chi connectivity index (χ0n) is 10.1. The fourth-order valence-electron chi connectivity index (χ4n) is 1.92. The van der Waals surface area contributed by atoms with Crippen LogP contribution in [0.2, 0.25) is 0 Å². The molecule has 0 aromatic carbocycles. The van der Waals surface area contributed by atoms with Gasteiger partial charge in [0.15, 0.2) is 0 Å². The Morgan fingerprint density at radius 2 is 2.00 bits per heavy atom. The minimum atomic E-state index is -4.35. The van der Waals surface area contributed by atoms with Gasteiger partial charge in [0.05, 0.1) is 5.56 Å². The predicted molar refractivity (Wildman–Crippen MR) is 60.4 cm³/mol. The van der Waals surface area contributed by atoms with E-state index in [2.05, 4.69) is 9.88 Å². The average molecular weight is 260 g/mol. The van der Waals surface area contributed by atoms with Crippen LogP contribution in [0.5, 0.6) is 5.88 Å². The molecular weight excluding hydrogens is 245 g/mol. The van der Waals surface area contributed by atoms with Crippen molar-refractivity contribution < 1.29 is 17.9 Å². The third-order valence-corrected chi connectivity index (χ3v) is 3.02. The number of pyridine rings is 1. The Morgan fingerprint density at radius 3 is 2.61 bits per heavy atom. The Labute approximate surface area is 104 Å². The standard InChI is InChI=1S/C12H15F3N2O/c1-17-6-3-10(4-7-17)18-11-8-9(2-5-16-11)12(13,14)15/h2,5,8,10H,3-4,6-7H2,1H3. The second-order valence-corrected chi connectivity index (χ2v) is 4.50. The summed E-state index contributed by atoms with van der Waals surface area (Å²) >= 11 is 0. The number of ether oxygens (including phenoxy) is 1. The molecule has 0 unspecified atom stereocenters. The van der Waals surface area contributed by atoms with E-state index in [1.807, 2.05) is 7.05 Å². The van der Waals surface area contributed by atoms with E-state index < -0.39 is 11.7 Å². The molecule has 6 heteroatoms. The Hall–Kier alpha value is -1.30. The Bertz CT molecular complexity index is 401. The molecule has 2 rings (SSSR count). The number of nitrogens with zero attached hydrogens (tertiary/aromatic N) is 2. The lowest BCUT2D eigenvalue weighted by molar-refractivity contribution is -0.137. The number of rotatable bonds is 2. The monoisotopic (exact) mass is 260 g/mol. The van der Waals surface area contributed by atoms with Gasteiger partial charge in [0.1, 0.15) is 6.10 Å². The summed E-state index contributed by atoms with van der Waals surface area (Å²) in [7, 11) is 2.01. The highest BCUT2D eigenvalue weighted by Crippen LogP contribution is 2.30. The number of likely N-dealkylation sites (tertiary alicyclic amines) is 1. The molecule has 0 aliphatic carbocycles. The summed E-state index contributed by atoms with van der Waals surface area (Å²) in [6.07, 6.45) is -1.64. The van der Waals surface area contributed by atoms with Crippen molar-refractivity contribution in [3.8, 4) is 5.88 Å². The van der Waals surface area contributed by atoms with Crippen molar-refractivity contribution in [2.24, 2.45) is 0 Å². The lowest BCUT2D eigenvalue weighted by atomic mass is 10.1. The van der Waals surface area contributed by atoms with Gasteiger partial charge in [-0.1, -0.05) is 0 Å². The molecule has 3 nitrogen and oxygen atoms in total. The van der Waals surface area contributed by atoms with Crippen LogP contribution in [0.15, 0.2) is 18.3 Å². The van der Waals surface area contributed by atoms with E-state index >= 15 is 0 Å². The van der Waals surface area contributed by atoms with E-state index in [1.165, 1.54) is 0 Å². The van der Waals surface area contributed by atoms with Gasteiger partial charge in [-0.3, -0.25) is 0 Å². The third kappa shape index (κ3) is 3.35. The Morgan fingerprint density at radius 1 is 1.33 bits per heavy atom. The van der Waals surface area contributed by atoms with Crippen molar-refractivity contribution >= 4 is 0 Å². The predicted octanol–water partition coefficient (Wildman–Crippen LogP) is 2.57. The smallest absolute Gasteiger partial charge is 0.416 e. The molecule has 0 N–H and O–H groups in total. The number of aromatic nitrogens is 1. The van der Waals surface area contributed by atoms with Crippen LogP contribution in [0.25, 0.3) is 0 Å². The molecule has 1 fully saturated rings. The Balaban J connectivity index is 2.01. The van der Waals surface area contributed by atoms with Gasteiger partial charge in [0, 0.05) is 25.4 Å². The van der Waals surface area contributed by atoms with Gasteiger partial charge in [-0.25, -0.2) is 4.98 Å². The van der Waals surface area contributed by atoms with Gasteiger partial charge >= 0.3 is 6.18 Å². The highest BCUT2D eigenvalue weighted by Gasteiger charge is 2.31.